The molecule has 0 aliphatic carbocycles. The third-order valence-electron chi connectivity index (χ3n) is 8.45. The number of ketones is 1. The highest BCUT2D eigenvalue weighted by Crippen LogP contribution is 2.29. The van der Waals surface area contributed by atoms with Crippen LogP contribution in [0.15, 0.2) is 42.5 Å². The lowest BCUT2D eigenvalue weighted by molar-refractivity contribution is -0.135. The summed E-state index contributed by atoms with van der Waals surface area (Å²) in [5, 5.41) is 10.4. The normalized spacial score (nSPS) is 18.9. The molecule has 12 heteroatoms. The van der Waals surface area contributed by atoms with Gasteiger partial charge in [-0.05, 0) is 62.6 Å². The molecule has 5 aliphatic heterocycles. The first-order valence-electron chi connectivity index (χ1n) is 15.6. The Morgan fingerprint density at radius 1 is 1.04 bits per heavy atom. The summed E-state index contributed by atoms with van der Waals surface area (Å²) in [5.41, 5.74) is 3.82. The van der Waals surface area contributed by atoms with E-state index in [1.165, 1.54) is 14.0 Å². The van der Waals surface area contributed by atoms with Gasteiger partial charge in [0.25, 0.3) is 5.91 Å². The highest BCUT2D eigenvalue weighted by Gasteiger charge is 2.34. The van der Waals surface area contributed by atoms with Crippen molar-refractivity contribution in [2.75, 3.05) is 26.8 Å². The molecule has 6 heterocycles. The lowest BCUT2D eigenvalue weighted by atomic mass is 10.0. The standard InChI is InChI=1S/C34H41N5O7/c1-21-34(23(3)40)22(2)39(37-21)16-14-33(43)38-15-13-28-27(19-38)36-32(42)20-45-29-11-7-24(17-30(29)44-4)8-12-31(41)35-18-25-5-9-26(46-28)10-6-25/h5-7,9-11,17,27-28H,8,12-16,18-20H2,1-4H3,(H,35,41)(H,36,42)/t27-,28-/m1/s1. The van der Waals surface area contributed by atoms with Crippen LogP contribution in [0, 0.1) is 13.8 Å². The van der Waals surface area contributed by atoms with Crippen LogP contribution < -0.4 is 24.8 Å². The Labute approximate surface area is 268 Å². The first-order chi connectivity index (χ1) is 22.1. The Bertz CT molecular complexity index is 1600. The summed E-state index contributed by atoms with van der Waals surface area (Å²) in [6.45, 7) is 6.31. The Balaban J connectivity index is 1.31. The minimum atomic E-state index is -0.499. The summed E-state index contributed by atoms with van der Waals surface area (Å²) >= 11 is 0. The zero-order valence-corrected chi connectivity index (χ0v) is 26.8. The van der Waals surface area contributed by atoms with Gasteiger partial charge in [0.1, 0.15) is 11.9 Å². The van der Waals surface area contributed by atoms with E-state index in [0.29, 0.717) is 67.4 Å². The zero-order chi connectivity index (χ0) is 32.8. The number of carbonyl (C=O) groups is 4. The Morgan fingerprint density at radius 3 is 2.52 bits per heavy atom. The number of nitrogens with zero attached hydrogens (tertiary/aromatic N) is 3. The minimum Gasteiger partial charge on any atom is -0.493 e. The van der Waals surface area contributed by atoms with Gasteiger partial charge in [-0.15, -0.1) is 0 Å². The highest BCUT2D eigenvalue weighted by atomic mass is 16.5. The van der Waals surface area contributed by atoms with Crippen molar-refractivity contribution in [2.45, 2.75) is 71.7 Å². The molecule has 46 heavy (non-hydrogen) atoms. The third kappa shape index (κ3) is 7.85. The van der Waals surface area contributed by atoms with Gasteiger partial charge in [-0.25, -0.2) is 0 Å². The average Bonchev–Trinajstić information content (AvgIpc) is 3.34. The molecule has 1 saturated heterocycles. The summed E-state index contributed by atoms with van der Waals surface area (Å²) < 4.78 is 19.4. The molecule has 1 aromatic heterocycles. The number of methoxy groups -OCH3 is 1. The molecule has 12 nitrogen and oxygen atoms in total. The summed E-state index contributed by atoms with van der Waals surface area (Å²) in [6.07, 6.45) is 1.14. The summed E-state index contributed by atoms with van der Waals surface area (Å²) in [5.74, 6) is 0.940. The second-order valence-electron chi connectivity index (χ2n) is 11.7. The van der Waals surface area contributed by atoms with Crippen molar-refractivity contribution in [1.29, 1.82) is 0 Å². The van der Waals surface area contributed by atoms with E-state index in [1.54, 1.807) is 28.6 Å². The van der Waals surface area contributed by atoms with Crippen molar-refractivity contribution in [3.8, 4) is 17.2 Å². The van der Waals surface area contributed by atoms with Crippen LogP contribution in [-0.2, 0) is 33.9 Å². The van der Waals surface area contributed by atoms with Crippen molar-refractivity contribution in [1.82, 2.24) is 25.3 Å². The lowest BCUT2D eigenvalue weighted by Crippen LogP contribution is -2.58. The number of aryl methyl sites for hydroxylation is 3. The largest absolute Gasteiger partial charge is 0.493 e. The summed E-state index contributed by atoms with van der Waals surface area (Å²) in [7, 11) is 1.52. The molecular weight excluding hydrogens is 590 g/mol. The van der Waals surface area contributed by atoms with Crippen molar-refractivity contribution in [3.63, 3.8) is 0 Å². The third-order valence-corrected chi connectivity index (χ3v) is 8.45. The zero-order valence-electron chi connectivity index (χ0n) is 26.8. The van der Waals surface area contributed by atoms with Gasteiger partial charge >= 0.3 is 0 Å². The molecule has 244 valence electrons. The quantitative estimate of drug-likeness (QED) is 0.410. The molecule has 3 aromatic rings. The van der Waals surface area contributed by atoms with E-state index < -0.39 is 12.1 Å². The average molecular weight is 632 g/mol. The van der Waals surface area contributed by atoms with E-state index in [9.17, 15) is 19.2 Å². The van der Waals surface area contributed by atoms with Gasteiger partial charge in [-0.1, -0.05) is 18.2 Å². The first kappa shape index (κ1) is 32.5. The van der Waals surface area contributed by atoms with Crippen LogP contribution in [0.5, 0.6) is 17.2 Å². The van der Waals surface area contributed by atoms with Gasteiger partial charge < -0.3 is 29.7 Å². The molecule has 5 aliphatic rings. The molecule has 2 atom stereocenters. The number of carbonyl (C=O) groups excluding carboxylic acids is 4. The molecule has 0 radical (unpaired) electrons. The molecule has 2 N–H and O–H groups in total. The van der Waals surface area contributed by atoms with E-state index >= 15 is 0 Å². The maximum atomic E-state index is 13.4. The molecular formula is C34H41N5O7. The smallest absolute Gasteiger partial charge is 0.258 e. The number of likely N-dealkylation sites (tertiary alicyclic amines) is 1. The number of amides is 3. The van der Waals surface area contributed by atoms with Gasteiger partial charge in [0.15, 0.2) is 23.9 Å². The van der Waals surface area contributed by atoms with Crippen molar-refractivity contribution < 1.29 is 33.4 Å². The molecule has 4 bridgehead atoms. The lowest BCUT2D eigenvalue weighted by Gasteiger charge is -2.39. The Kier molecular flexibility index (Phi) is 10.2. The number of benzene rings is 2. The van der Waals surface area contributed by atoms with E-state index in [2.05, 4.69) is 15.7 Å². The number of rotatable bonds is 5. The van der Waals surface area contributed by atoms with Crippen LogP contribution in [0.2, 0.25) is 0 Å². The van der Waals surface area contributed by atoms with Crippen LogP contribution in [0.4, 0.5) is 0 Å². The van der Waals surface area contributed by atoms with Crippen LogP contribution in [0.1, 0.15) is 59.1 Å². The number of hydrogen-bond acceptors (Lipinski definition) is 8. The van der Waals surface area contributed by atoms with E-state index in [4.69, 9.17) is 14.2 Å². The van der Waals surface area contributed by atoms with Crippen LogP contribution >= 0.6 is 0 Å². The summed E-state index contributed by atoms with van der Waals surface area (Å²) in [4.78, 5) is 52.8. The van der Waals surface area contributed by atoms with Gasteiger partial charge in [0.05, 0.1) is 24.4 Å². The number of ether oxygens (including phenoxy) is 3. The fourth-order valence-corrected chi connectivity index (χ4v) is 6.01. The molecule has 2 aromatic carbocycles. The van der Waals surface area contributed by atoms with Crippen molar-refractivity contribution in [3.05, 3.63) is 70.5 Å². The monoisotopic (exact) mass is 631 g/mol. The molecule has 0 saturated carbocycles. The SMILES string of the molecule is COc1cc2ccc1OCC(=O)N[C@@H]1CN(C(=O)CCn3nc(C)c(C(C)=O)c3C)CC[C@H]1Oc1ccc(cc1)CNC(=O)CC2. The Morgan fingerprint density at radius 2 is 1.80 bits per heavy atom. The number of hydrogen-bond donors (Lipinski definition) is 2. The van der Waals surface area contributed by atoms with Crippen LogP contribution in [0.25, 0.3) is 0 Å². The van der Waals surface area contributed by atoms with Gasteiger partial charge in [0, 0.05) is 51.1 Å². The Hall–Kier alpha value is -4.87. The van der Waals surface area contributed by atoms with Gasteiger partial charge in [-0.3, -0.25) is 23.9 Å². The van der Waals surface area contributed by atoms with Crippen molar-refractivity contribution >= 4 is 23.5 Å². The molecule has 3 amide bonds. The molecule has 0 spiro atoms. The number of Topliss-reactive ketones (excluding diaryl/α,β-unsaturated/α-hetero) is 1. The second-order valence-corrected chi connectivity index (χ2v) is 11.7. The number of piperidine rings is 1. The minimum absolute atomic E-state index is 0.0525. The summed E-state index contributed by atoms with van der Waals surface area (Å²) in [6, 6.07) is 12.4. The highest BCUT2D eigenvalue weighted by molar-refractivity contribution is 5.96. The van der Waals surface area contributed by atoms with Crippen LogP contribution in [-0.4, -0.2) is 77.1 Å². The van der Waals surface area contributed by atoms with E-state index in [0.717, 1.165) is 16.8 Å². The van der Waals surface area contributed by atoms with Gasteiger partial charge in [-0.2, -0.15) is 5.10 Å². The maximum absolute atomic E-state index is 13.4. The van der Waals surface area contributed by atoms with E-state index in [-0.39, 0.29) is 43.1 Å². The van der Waals surface area contributed by atoms with Gasteiger partial charge in [0.2, 0.25) is 11.8 Å². The fourth-order valence-electron chi connectivity index (χ4n) is 6.01. The predicted molar refractivity (Wildman–Crippen MR) is 169 cm³/mol. The predicted octanol–water partition coefficient (Wildman–Crippen LogP) is 2.91. The van der Waals surface area contributed by atoms with E-state index in [1.807, 2.05) is 37.3 Å². The number of nitrogens with one attached hydrogen (secondary N) is 2. The number of aromatic nitrogens is 2. The van der Waals surface area contributed by atoms with Crippen molar-refractivity contribution in [2.24, 2.45) is 0 Å². The first-order valence-corrected chi connectivity index (χ1v) is 15.6. The maximum Gasteiger partial charge on any atom is 0.258 e. The van der Waals surface area contributed by atoms with Crippen LogP contribution in [0.3, 0.4) is 0 Å². The fraction of sp³-hybridized carbons (Fsp3) is 0.441. The molecule has 8 rings (SSSR count). The second kappa shape index (κ2) is 14.5. The topological polar surface area (TPSA) is 141 Å². The molecule has 0 unspecified atom stereocenters. The molecule has 1 fully saturated rings.